The van der Waals surface area contributed by atoms with Crippen LogP contribution in [0.15, 0.2) is 4.79 Å². The number of aromatic nitrogens is 2. The fraction of sp³-hybridized carbons (Fsp3) is 0.688. The quantitative estimate of drug-likeness (QED) is 0.818. The Morgan fingerprint density at radius 3 is 2.80 bits per heavy atom. The predicted octanol–water partition coefficient (Wildman–Crippen LogP) is 0.204. The number of nitrogens with zero attached hydrogens (tertiary/aromatic N) is 3. The molecule has 1 N–H and O–H groups in total. The highest BCUT2D eigenvalue weighted by Gasteiger charge is 2.31. The lowest BCUT2D eigenvalue weighted by atomic mass is 10.1. The van der Waals surface area contributed by atoms with Gasteiger partial charge in [-0.15, -0.1) is 0 Å². The van der Waals surface area contributed by atoms with Crippen LogP contribution in [0.5, 0.6) is 0 Å². The van der Waals surface area contributed by atoms with Crippen LogP contribution in [-0.2, 0) is 27.8 Å². The van der Waals surface area contributed by atoms with Crippen molar-refractivity contribution in [3.63, 3.8) is 0 Å². The summed E-state index contributed by atoms with van der Waals surface area (Å²) in [5.41, 5.74) is 0.917. The average molecular weight is 368 g/mol. The van der Waals surface area contributed by atoms with Gasteiger partial charge in [0, 0.05) is 37.5 Å². The molecule has 8 nitrogen and oxygen atoms in total. The number of aromatic amines is 1. The molecule has 0 saturated carbocycles. The molecule has 25 heavy (non-hydrogen) atoms. The van der Waals surface area contributed by atoms with Crippen molar-refractivity contribution in [3.8, 4) is 0 Å². The molecule has 1 saturated heterocycles. The molecule has 9 heteroatoms. The second kappa shape index (κ2) is 6.87. The average Bonchev–Trinajstić information content (AvgIpc) is 3.04. The van der Waals surface area contributed by atoms with Gasteiger partial charge in [0.1, 0.15) is 5.82 Å². The molecule has 1 amide bonds. The molecule has 1 aromatic rings. The van der Waals surface area contributed by atoms with Gasteiger partial charge in [0.2, 0.25) is 15.9 Å². The fourth-order valence-corrected chi connectivity index (χ4v) is 4.27. The normalized spacial score (nSPS) is 21.4. The Bertz CT molecular complexity index is 833. The van der Waals surface area contributed by atoms with Gasteiger partial charge < -0.3 is 9.88 Å². The van der Waals surface area contributed by atoms with E-state index < -0.39 is 10.0 Å². The summed E-state index contributed by atoms with van der Waals surface area (Å²) in [4.78, 5) is 33.6. The largest absolute Gasteiger partial charge is 0.342 e. The van der Waals surface area contributed by atoms with Crippen molar-refractivity contribution in [2.45, 2.75) is 45.1 Å². The molecule has 2 aliphatic rings. The molecule has 138 valence electrons. The van der Waals surface area contributed by atoms with Crippen molar-refractivity contribution in [1.82, 2.24) is 19.2 Å². The summed E-state index contributed by atoms with van der Waals surface area (Å²) in [5, 5.41) is 0. The number of likely N-dealkylation sites (tertiary alicyclic amines) is 1. The minimum Gasteiger partial charge on any atom is -0.342 e. The number of H-pyrrole nitrogens is 1. The summed E-state index contributed by atoms with van der Waals surface area (Å²) in [6, 6.07) is 0. The van der Waals surface area contributed by atoms with E-state index in [1.54, 1.807) is 0 Å². The molecule has 0 bridgehead atoms. The second-order valence-corrected chi connectivity index (χ2v) is 8.78. The van der Waals surface area contributed by atoms with Gasteiger partial charge in [-0.25, -0.2) is 13.4 Å². The summed E-state index contributed by atoms with van der Waals surface area (Å²) in [6.07, 6.45) is 3.64. The van der Waals surface area contributed by atoms with Crippen LogP contribution in [0.4, 0.5) is 0 Å². The predicted molar refractivity (Wildman–Crippen MR) is 92.7 cm³/mol. The zero-order valence-corrected chi connectivity index (χ0v) is 15.4. The molecular formula is C16H24N4O4S. The molecule has 2 aliphatic heterocycles. The molecule has 0 aliphatic carbocycles. The molecule has 1 atom stereocenters. The van der Waals surface area contributed by atoms with Crippen molar-refractivity contribution in [2.75, 3.05) is 25.9 Å². The van der Waals surface area contributed by atoms with Crippen LogP contribution in [0.25, 0.3) is 0 Å². The summed E-state index contributed by atoms with van der Waals surface area (Å²) in [5.74, 6) is 0.687. The molecule has 1 aromatic heterocycles. The zero-order chi connectivity index (χ0) is 18.2. The van der Waals surface area contributed by atoms with E-state index in [1.165, 1.54) is 10.6 Å². The lowest BCUT2D eigenvalue weighted by Crippen LogP contribution is -2.39. The zero-order valence-electron chi connectivity index (χ0n) is 14.6. The van der Waals surface area contributed by atoms with Gasteiger partial charge in [-0.1, -0.05) is 6.92 Å². The monoisotopic (exact) mass is 368 g/mol. The third-order valence-corrected chi connectivity index (χ3v) is 6.17. The molecule has 3 heterocycles. The second-order valence-electron chi connectivity index (χ2n) is 6.80. The van der Waals surface area contributed by atoms with Crippen LogP contribution in [0.3, 0.4) is 0 Å². The Labute approximate surface area is 147 Å². The van der Waals surface area contributed by atoms with Gasteiger partial charge in [0.25, 0.3) is 5.56 Å². The van der Waals surface area contributed by atoms with Crippen LogP contribution < -0.4 is 5.56 Å². The van der Waals surface area contributed by atoms with E-state index in [0.29, 0.717) is 49.6 Å². The Hall–Kier alpha value is -1.74. The Balaban J connectivity index is 1.82. The summed E-state index contributed by atoms with van der Waals surface area (Å²) >= 11 is 0. The van der Waals surface area contributed by atoms with Crippen molar-refractivity contribution >= 4 is 15.9 Å². The van der Waals surface area contributed by atoms with E-state index in [-0.39, 0.29) is 23.9 Å². The molecule has 0 aromatic carbocycles. The van der Waals surface area contributed by atoms with Gasteiger partial charge in [0.15, 0.2) is 0 Å². The van der Waals surface area contributed by atoms with Crippen molar-refractivity contribution < 1.29 is 13.2 Å². The first-order valence-corrected chi connectivity index (χ1v) is 10.5. The van der Waals surface area contributed by atoms with Gasteiger partial charge in [-0.05, 0) is 19.3 Å². The smallest absolute Gasteiger partial charge is 0.254 e. The maximum Gasteiger partial charge on any atom is 0.254 e. The minimum atomic E-state index is -3.31. The Morgan fingerprint density at radius 1 is 1.36 bits per heavy atom. The van der Waals surface area contributed by atoms with Crippen LogP contribution in [0.1, 0.15) is 49.2 Å². The van der Waals surface area contributed by atoms with Gasteiger partial charge in [-0.3, -0.25) is 9.59 Å². The number of sulfonamides is 1. The minimum absolute atomic E-state index is 0.00702. The van der Waals surface area contributed by atoms with Crippen molar-refractivity contribution in [1.29, 1.82) is 0 Å². The number of fused-ring (bicyclic) bond motifs is 1. The lowest BCUT2D eigenvalue weighted by Gasteiger charge is -2.26. The van der Waals surface area contributed by atoms with Crippen molar-refractivity contribution in [3.05, 3.63) is 27.4 Å². The first-order chi connectivity index (χ1) is 11.8. The Morgan fingerprint density at radius 2 is 2.12 bits per heavy atom. The van der Waals surface area contributed by atoms with E-state index in [4.69, 9.17) is 0 Å². The van der Waals surface area contributed by atoms with Crippen LogP contribution >= 0.6 is 0 Å². The van der Waals surface area contributed by atoms with E-state index >= 15 is 0 Å². The summed E-state index contributed by atoms with van der Waals surface area (Å²) in [7, 11) is -3.31. The van der Waals surface area contributed by atoms with E-state index in [0.717, 1.165) is 12.8 Å². The van der Waals surface area contributed by atoms with E-state index in [9.17, 15) is 18.0 Å². The van der Waals surface area contributed by atoms with Gasteiger partial charge in [0.05, 0.1) is 18.5 Å². The molecule has 1 fully saturated rings. The standard InChI is InChI=1S/C16H24N4O4S/c1-3-4-14(21)19-7-5-11(9-19)15-17-13-10-20(25(2,23)24)8-6-12(13)16(22)18-15/h11H,3-10H2,1-2H3,(H,17,18,22). The van der Waals surface area contributed by atoms with Crippen LogP contribution in [0, 0.1) is 0 Å². The summed E-state index contributed by atoms with van der Waals surface area (Å²) in [6.45, 7) is 3.63. The van der Waals surface area contributed by atoms with E-state index in [1.807, 2.05) is 11.8 Å². The molecule has 0 spiro atoms. The topological polar surface area (TPSA) is 103 Å². The highest BCUT2D eigenvalue weighted by atomic mass is 32.2. The van der Waals surface area contributed by atoms with Crippen molar-refractivity contribution in [2.24, 2.45) is 0 Å². The first kappa shape index (κ1) is 18.1. The Kier molecular flexibility index (Phi) is 4.97. The highest BCUT2D eigenvalue weighted by Crippen LogP contribution is 2.26. The third-order valence-electron chi connectivity index (χ3n) is 4.92. The fourth-order valence-electron chi connectivity index (χ4n) is 3.49. The number of nitrogens with one attached hydrogen (secondary N) is 1. The summed E-state index contributed by atoms with van der Waals surface area (Å²) < 4.78 is 24.9. The molecule has 3 rings (SSSR count). The number of carbonyl (C=O) groups is 1. The number of amides is 1. The molecule has 0 radical (unpaired) electrons. The van der Waals surface area contributed by atoms with E-state index in [2.05, 4.69) is 9.97 Å². The van der Waals surface area contributed by atoms with Crippen LogP contribution in [0.2, 0.25) is 0 Å². The van der Waals surface area contributed by atoms with Gasteiger partial charge in [-0.2, -0.15) is 4.31 Å². The maximum absolute atomic E-state index is 12.4. The number of hydrogen-bond donors (Lipinski definition) is 1. The van der Waals surface area contributed by atoms with Gasteiger partial charge >= 0.3 is 0 Å². The lowest BCUT2D eigenvalue weighted by molar-refractivity contribution is -0.130. The number of rotatable bonds is 4. The first-order valence-electron chi connectivity index (χ1n) is 8.64. The SMILES string of the molecule is CCCC(=O)N1CCC(c2nc3c(c(=O)[nH]2)CCN(S(C)(=O)=O)C3)C1. The highest BCUT2D eigenvalue weighted by molar-refractivity contribution is 7.88. The maximum atomic E-state index is 12.4. The third kappa shape index (κ3) is 3.77. The molecule has 1 unspecified atom stereocenters. The molecular weight excluding hydrogens is 344 g/mol. The van der Waals surface area contributed by atoms with Crippen LogP contribution in [-0.4, -0.2) is 59.4 Å². The number of carbonyl (C=O) groups excluding carboxylic acids is 1. The number of hydrogen-bond acceptors (Lipinski definition) is 5.